The Morgan fingerprint density at radius 1 is 1.47 bits per heavy atom. The number of carbonyl (C=O) groups excluding carboxylic acids is 1. The van der Waals surface area contributed by atoms with Gasteiger partial charge in [0.2, 0.25) is 5.91 Å². The molecule has 0 saturated heterocycles. The van der Waals surface area contributed by atoms with Crippen molar-refractivity contribution in [3.63, 3.8) is 0 Å². The summed E-state index contributed by atoms with van der Waals surface area (Å²) in [4.78, 5) is 11.9. The zero-order valence-electron chi connectivity index (χ0n) is 10.8. The van der Waals surface area contributed by atoms with E-state index in [0.29, 0.717) is 12.5 Å². The van der Waals surface area contributed by atoms with Crippen molar-refractivity contribution in [1.29, 1.82) is 0 Å². The first-order valence-electron chi connectivity index (χ1n) is 6.81. The molecular formula is C14H25NO2. The first-order chi connectivity index (χ1) is 8.27. The summed E-state index contributed by atoms with van der Waals surface area (Å²) in [6.45, 7) is 3.07. The van der Waals surface area contributed by atoms with E-state index < -0.39 is 0 Å². The lowest BCUT2D eigenvalue weighted by atomic mass is 9.93. The third-order valence-electron chi connectivity index (χ3n) is 3.44. The van der Waals surface area contributed by atoms with Crippen molar-refractivity contribution in [2.24, 2.45) is 11.8 Å². The van der Waals surface area contributed by atoms with E-state index in [9.17, 15) is 4.79 Å². The molecule has 0 aliphatic heterocycles. The molecule has 0 aromatic rings. The Hall–Kier alpha value is -0.830. The van der Waals surface area contributed by atoms with Crippen LogP contribution in [0, 0.1) is 11.8 Å². The van der Waals surface area contributed by atoms with Gasteiger partial charge in [-0.2, -0.15) is 0 Å². The van der Waals surface area contributed by atoms with Gasteiger partial charge in [0, 0.05) is 19.1 Å². The van der Waals surface area contributed by atoms with Gasteiger partial charge in [-0.1, -0.05) is 25.5 Å². The molecule has 1 rings (SSSR count). The highest BCUT2D eigenvalue weighted by molar-refractivity contribution is 5.78. The minimum atomic E-state index is 0.163. The second kappa shape index (κ2) is 8.29. The van der Waals surface area contributed by atoms with Crippen molar-refractivity contribution in [3.8, 4) is 0 Å². The third-order valence-corrected chi connectivity index (χ3v) is 3.44. The Bertz CT molecular complexity index is 245. The normalized spacial score (nSPS) is 21.2. The number of aliphatic hydroxyl groups is 1. The topological polar surface area (TPSA) is 49.3 Å². The maximum atomic E-state index is 11.9. The van der Waals surface area contributed by atoms with Crippen molar-refractivity contribution < 1.29 is 9.90 Å². The van der Waals surface area contributed by atoms with Crippen LogP contribution in [0.3, 0.4) is 0 Å². The number of nitrogens with one attached hydrogen (secondary N) is 1. The molecule has 0 bridgehead atoms. The second-order valence-electron chi connectivity index (χ2n) is 4.89. The van der Waals surface area contributed by atoms with Gasteiger partial charge in [-0.25, -0.2) is 0 Å². The summed E-state index contributed by atoms with van der Waals surface area (Å²) in [7, 11) is 0. The molecule has 2 atom stereocenters. The molecule has 0 saturated carbocycles. The van der Waals surface area contributed by atoms with E-state index in [0.717, 1.165) is 38.5 Å². The summed E-state index contributed by atoms with van der Waals surface area (Å²) in [5, 5.41) is 12.0. The SMILES string of the molecule is CCCC(CCO)CNC(=O)C1CC=CCC1. The molecule has 0 radical (unpaired) electrons. The van der Waals surface area contributed by atoms with Gasteiger partial charge in [-0.3, -0.25) is 4.79 Å². The molecule has 0 fully saturated rings. The molecule has 1 aliphatic rings. The third kappa shape index (κ3) is 5.35. The monoisotopic (exact) mass is 239 g/mol. The van der Waals surface area contributed by atoms with Gasteiger partial charge in [0.05, 0.1) is 0 Å². The number of amides is 1. The first kappa shape index (κ1) is 14.2. The minimum Gasteiger partial charge on any atom is -0.396 e. The van der Waals surface area contributed by atoms with Crippen LogP contribution in [0.1, 0.15) is 45.4 Å². The molecule has 2 unspecified atom stereocenters. The average molecular weight is 239 g/mol. The molecule has 17 heavy (non-hydrogen) atoms. The largest absolute Gasteiger partial charge is 0.396 e. The van der Waals surface area contributed by atoms with Crippen molar-refractivity contribution in [1.82, 2.24) is 5.32 Å². The van der Waals surface area contributed by atoms with Crippen molar-refractivity contribution in [3.05, 3.63) is 12.2 Å². The fourth-order valence-electron chi connectivity index (χ4n) is 2.36. The number of hydrogen-bond acceptors (Lipinski definition) is 2. The number of allylic oxidation sites excluding steroid dienone is 2. The highest BCUT2D eigenvalue weighted by Gasteiger charge is 2.19. The molecule has 3 heteroatoms. The van der Waals surface area contributed by atoms with Crippen molar-refractivity contribution in [2.75, 3.05) is 13.2 Å². The molecule has 0 spiro atoms. The smallest absolute Gasteiger partial charge is 0.223 e. The molecule has 0 aromatic heterocycles. The maximum Gasteiger partial charge on any atom is 0.223 e. The fraction of sp³-hybridized carbons (Fsp3) is 0.786. The van der Waals surface area contributed by atoms with Crippen LogP contribution in [-0.4, -0.2) is 24.2 Å². The fourth-order valence-corrected chi connectivity index (χ4v) is 2.36. The Labute approximate surface area is 104 Å². The molecule has 2 N–H and O–H groups in total. The van der Waals surface area contributed by atoms with E-state index in [1.165, 1.54) is 0 Å². The van der Waals surface area contributed by atoms with Gasteiger partial charge in [0.1, 0.15) is 0 Å². The Balaban J connectivity index is 2.27. The predicted octanol–water partition coefficient (Wildman–Crippen LogP) is 2.26. The van der Waals surface area contributed by atoms with Crippen LogP contribution in [0.5, 0.6) is 0 Å². The summed E-state index contributed by atoms with van der Waals surface area (Å²) in [5.74, 6) is 0.776. The highest BCUT2D eigenvalue weighted by Crippen LogP contribution is 2.18. The van der Waals surface area contributed by atoms with E-state index in [-0.39, 0.29) is 18.4 Å². The zero-order chi connectivity index (χ0) is 12.5. The van der Waals surface area contributed by atoms with Crippen LogP contribution in [0.2, 0.25) is 0 Å². The van der Waals surface area contributed by atoms with Crippen LogP contribution in [0.25, 0.3) is 0 Å². The lowest BCUT2D eigenvalue weighted by molar-refractivity contribution is -0.125. The highest BCUT2D eigenvalue weighted by atomic mass is 16.3. The number of rotatable bonds is 7. The van der Waals surface area contributed by atoms with Crippen LogP contribution >= 0.6 is 0 Å². The Morgan fingerprint density at radius 3 is 2.88 bits per heavy atom. The molecular weight excluding hydrogens is 214 g/mol. The van der Waals surface area contributed by atoms with Gasteiger partial charge in [-0.05, 0) is 38.0 Å². The lowest BCUT2D eigenvalue weighted by Gasteiger charge is -2.20. The van der Waals surface area contributed by atoms with Crippen LogP contribution < -0.4 is 5.32 Å². The summed E-state index contributed by atoms with van der Waals surface area (Å²) in [5.41, 5.74) is 0. The van der Waals surface area contributed by atoms with Crippen LogP contribution in [0.4, 0.5) is 0 Å². The van der Waals surface area contributed by atoms with Gasteiger partial charge in [-0.15, -0.1) is 0 Å². The molecule has 1 aliphatic carbocycles. The Morgan fingerprint density at radius 2 is 2.29 bits per heavy atom. The van der Waals surface area contributed by atoms with Gasteiger partial charge in [0.25, 0.3) is 0 Å². The van der Waals surface area contributed by atoms with Gasteiger partial charge in [0.15, 0.2) is 0 Å². The summed E-state index contributed by atoms with van der Waals surface area (Å²) < 4.78 is 0. The number of carbonyl (C=O) groups is 1. The van der Waals surface area contributed by atoms with E-state index in [2.05, 4.69) is 24.4 Å². The lowest BCUT2D eigenvalue weighted by Crippen LogP contribution is -2.35. The molecule has 3 nitrogen and oxygen atoms in total. The van der Waals surface area contributed by atoms with Crippen molar-refractivity contribution >= 4 is 5.91 Å². The molecule has 0 heterocycles. The second-order valence-corrected chi connectivity index (χ2v) is 4.89. The predicted molar refractivity (Wildman–Crippen MR) is 69.6 cm³/mol. The Kier molecular flexibility index (Phi) is 6.94. The minimum absolute atomic E-state index is 0.163. The number of aliphatic hydroxyl groups excluding tert-OH is 1. The van der Waals surface area contributed by atoms with Gasteiger partial charge < -0.3 is 10.4 Å². The first-order valence-corrected chi connectivity index (χ1v) is 6.81. The van der Waals surface area contributed by atoms with Crippen molar-refractivity contribution in [2.45, 2.75) is 45.4 Å². The molecule has 98 valence electrons. The summed E-state index contributed by atoms with van der Waals surface area (Å²) >= 11 is 0. The van der Waals surface area contributed by atoms with E-state index in [1.54, 1.807) is 0 Å². The van der Waals surface area contributed by atoms with Crippen LogP contribution in [-0.2, 0) is 4.79 Å². The van der Waals surface area contributed by atoms with Crippen LogP contribution in [0.15, 0.2) is 12.2 Å². The average Bonchev–Trinajstić information content (AvgIpc) is 2.37. The quantitative estimate of drug-likeness (QED) is 0.669. The zero-order valence-corrected chi connectivity index (χ0v) is 10.8. The van der Waals surface area contributed by atoms with E-state index >= 15 is 0 Å². The maximum absolute atomic E-state index is 11.9. The molecule has 0 aromatic carbocycles. The molecule has 1 amide bonds. The summed E-state index contributed by atoms with van der Waals surface area (Å²) in [6.07, 6.45) is 10.1. The van der Waals surface area contributed by atoms with E-state index in [4.69, 9.17) is 5.11 Å². The summed E-state index contributed by atoms with van der Waals surface area (Å²) in [6, 6.07) is 0. The van der Waals surface area contributed by atoms with Gasteiger partial charge >= 0.3 is 0 Å². The number of hydrogen-bond donors (Lipinski definition) is 2. The van der Waals surface area contributed by atoms with E-state index in [1.807, 2.05) is 0 Å². The standard InChI is InChI=1S/C14H25NO2/c1-2-6-12(9-10-16)11-15-14(17)13-7-4-3-5-8-13/h3-4,12-13,16H,2,5-11H2,1H3,(H,15,17).